The van der Waals surface area contributed by atoms with Crippen LogP contribution in [-0.2, 0) is 0 Å². The molecule has 0 amide bonds. The molecule has 0 saturated carbocycles. The van der Waals surface area contributed by atoms with Crippen LogP contribution in [0.2, 0.25) is 0 Å². The minimum atomic E-state index is 0.806. The molecule has 0 aliphatic heterocycles. The van der Waals surface area contributed by atoms with Crippen molar-refractivity contribution >= 4 is 32.9 Å². The Labute approximate surface area is 144 Å². The molecule has 3 aromatic carbocycles. The Morgan fingerprint density at radius 2 is 1.71 bits per heavy atom. The van der Waals surface area contributed by atoms with E-state index in [2.05, 4.69) is 53.2 Å². The van der Waals surface area contributed by atoms with Crippen molar-refractivity contribution in [1.82, 2.24) is 4.98 Å². The zero-order valence-corrected chi connectivity index (χ0v) is 14.0. The van der Waals surface area contributed by atoms with E-state index in [1.54, 1.807) is 18.4 Å². The van der Waals surface area contributed by atoms with Gasteiger partial charge in [0.05, 0.1) is 18.5 Å². The fraction of sp³-hybridized carbons (Fsp3) is 0.0500. The van der Waals surface area contributed by atoms with Crippen molar-refractivity contribution in [2.45, 2.75) is 0 Å². The van der Waals surface area contributed by atoms with Crippen molar-refractivity contribution in [2.75, 3.05) is 12.4 Å². The second-order valence-corrected chi connectivity index (χ2v) is 6.28. The van der Waals surface area contributed by atoms with E-state index in [9.17, 15) is 0 Å². The van der Waals surface area contributed by atoms with Gasteiger partial charge in [0.15, 0.2) is 5.13 Å². The zero-order valence-electron chi connectivity index (χ0n) is 13.2. The topological polar surface area (TPSA) is 34.1 Å². The van der Waals surface area contributed by atoms with Gasteiger partial charge in [-0.25, -0.2) is 4.98 Å². The molecule has 0 atom stereocenters. The quantitative estimate of drug-likeness (QED) is 0.519. The van der Waals surface area contributed by atoms with E-state index in [0.29, 0.717) is 0 Å². The van der Waals surface area contributed by atoms with E-state index in [1.165, 1.54) is 10.8 Å². The number of fused-ring (bicyclic) bond motifs is 1. The van der Waals surface area contributed by atoms with Crippen LogP contribution in [0.15, 0.2) is 72.1 Å². The van der Waals surface area contributed by atoms with Gasteiger partial charge in [0.25, 0.3) is 0 Å². The Morgan fingerprint density at radius 3 is 2.58 bits per heavy atom. The Kier molecular flexibility index (Phi) is 3.89. The third-order valence-corrected chi connectivity index (χ3v) is 4.66. The van der Waals surface area contributed by atoms with Crippen LogP contribution in [-0.4, -0.2) is 12.1 Å². The molecule has 0 fully saturated rings. The van der Waals surface area contributed by atoms with Crippen LogP contribution >= 0.6 is 11.3 Å². The Morgan fingerprint density at radius 1 is 0.917 bits per heavy atom. The van der Waals surface area contributed by atoms with Gasteiger partial charge in [0.1, 0.15) is 5.75 Å². The number of aromatic nitrogens is 1. The van der Waals surface area contributed by atoms with Crippen molar-refractivity contribution < 1.29 is 4.74 Å². The smallest absolute Gasteiger partial charge is 0.187 e. The summed E-state index contributed by atoms with van der Waals surface area (Å²) >= 11 is 1.59. The number of thiazole rings is 1. The van der Waals surface area contributed by atoms with E-state index < -0.39 is 0 Å². The van der Waals surface area contributed by atoms with Crippen molar-refractivity contribution in [3.05, 3.63) is 72.1 Å². The fourth-order valence-corrected chi connectivity index (χ4v) is 3.41. The van der Waals surface area contributed by atoms with E-state index in [0.717, 1.165) is 27.8 Å². The Hall–Kier alpha value is -2.85. The van der Waals surface area contributed by atoms with E-state index >= 15 is 0 Å². The maximum atomic E-state index is 5.37. The monoisotopic (exact) mass is 332 g/mol. The number of nitrogens with zero attached hydrogens (tertiary/aromatic N) is 1. The molecule has 24 heavy (non-hydrogen) atoms. The summed E-state index contributed by atoms with van der Waals surface area (Å²) in [6, 6.07) is 22.6. The highest BCUT2D eigenvalue weighted by molar-refractivity contribution is 7.14. The first-order chi connectivity index (χ1) is 11.8. The minimum Gasteiger partial charge on any atom is -0.495 e. The van der Waals surface area contributed by atoms with Gasteiger partial charge in [-0.15, -0.1) is 11.3 Å². The molecule has 4 rings (SSSR count). The summed E-state index contributed by atoms with van der Waals surface area (Å²) in [4.78, 5) is 4.71. The van der Waals surface area contributed by atoms with Crippen LogP contribution in [0.25, 0.3) is 22.0 Å². The molecule has 1 heterocycles. The predicted molar refractivity (Wildman–Crippen MR) is 101 cm³/mol. The lowest BCUT2D eigenvalue weighted by molar-refractivity contribution is 0.417. The number of nitrogens with one attached hydrogen (secondary N) is 1. The molecular formula is C20H16N2OS. The Bertz CT molecular complexity index is 994. The lowest BCUT2D eigenvalue weighted by Gasteiger charge is -2.08. The average molecular weight is 332 g/mol. The molecule has 4 aromatic rings. The molecule has 1 aromatic heterocycles. The highest BCUT2D eigenvalue weighted by atomic mass is 32.1. The fourth-order valence-electron chi connectivity index (χ4n) is 2.68. The van der Waals surface area contributed by atoms with Crippen LogP contribution < -0.4 is 10.1 Å². The molecule has 118 valence electrons. The van der Waals surface area contributed by atoms with E-state index in [1.807, 2.05) is 24.3 Å². The van der Waals surface area contributed by atoms with E-state index in [-0.39, 0.29) is 0 Å². The van der Waals surface area contributed by atoms with Gasteiger partial charge in [-0.1, -0.05) is 48.5 Å². The normalized spacial score (nSPS) is 10.7. The van der Waals surface area contributed by atoms with Gasteiger partial charge < -0.3 is 10.1 Å². The largest absolute Gasteiger partial charge is 0.495 e. The second-order valence-electron chi connectivity index (χ2n) is 5.43. The van der Waals surface area contributed by atoms with Crippen molar-refractivity contribution in [2.24, 2.45) is 0 Å². The highest BCUT2D eigenvalue weighted by Crippen LogP contribution is 2.32. The molecular weight excluding hydrogens is 316 g/mol. The summed E-state index contributed by atoms with van der Waals surface area (Å²) in [6.45, 7) is 0. The Balaban J connectivity index is 1.64. The number of hydrogen-bond acceptors (Lipinski definition) is 4. The standard InChI is InChI=1S/C20H16N2OS/c1-23-19-9-5-4-8-17(19)21-20-22-18(13-24-20)16-11-10-14-6-2-3-7-15(14)12-16/h2-13H,1H3,(H,21,22). The number of rotatable bonds is 4. The van der Waals surface area contributed by atoms with Gasteiger partial charge in [-0.3, -0.25) is 0 Å². The summed E-state index contributed by atoms with van der Waals surface area (Å²) in [6.07, 6.45) is 0. The van der Waals surface area contributed by atoms with E-state index in [4.69, 9.17) is 9.72 Å². The van der Waals surface area contributed by atoms with Crippen LogP contribution in [0.3, 0.4) is 0 Å². The molecule has 0 saturated heterocycles. The average Bonchev–Trinajstić information content (AvgIpc) is 3.10. The molecule has 0 aliphatic carbocycles. The summed E-state index contributed by atoms with van der Waals surface area (Å²) in [5.41, 5.74) is 3.01. The van der Waals surface area contributed by atoms with Crippen LogP contribution in [0.5, 0.6) is 5.75 Å². The predicted octanol–water partition coefficient (Wildman–Crippen LogP) is 5.72. The number of hydrogen-bond donors (Lipinski definition) is 1. The molecule has 0 spiro atoms. The summed E-state index contributed by atoms with van der Waals surface area (Å²) in [5.74, 6) is 0.806. The van der Waals surface area contributed by atoms with Gasteiger partial charge >= 0.3 is 0 Å². The molecule has 1 N–H and O–H groups in total. The highest BCUT2D eigenvalue weighted by Gasteiger charge is 2.08. The first kappa shape index (κ1) is 14.7. The first-order valence-electron chi connectivity index (χ1n) is 7.68. The van der Waals surface area contributed by atoms with Crippen molar-refractivity contribution in [3.8, 4) is 17.0 Å². The van der Waals surface area contributed by atoms with Crippen LogP contribution in [0, 0.1) is 0 Å². The summed E-state index contributed by atoms with van der Waals surface area (Å²) in [7, 11) is 1.67. The van der Waals surface area contributed by atoms with Gasteiger partial charge in [-0.05, 0) is 29.0 Å². The number of para-hydroxylation sites is 2. The molecule has 0 aliphatic rings. The molecule has 0 unspecified atom stereocenters. The maximum absolute atomic E-state index is 5.37. The van der Waals surface area contributed by atoms with Gasteiger partial charge in [0.2, 0.25) is 0 Å². The third kappa shape index (κ3) is 2.84. The number of anilines is 2. The third-order valence-electron chi connectivity index (χ3n) is 3.90. The number of methoxy groups -OCH3 is 1. The number of ether oxygens (including phenoxy) is 1. The SMILES string of the molecule is COc1ccccc1Nc1nc(-c2ccc3ccccc3c2)cs1. The van der Waals surface area contributed by atoms with Gasteiger partial charge in [-0.2, -0.15) is 0 Å². The van der Waals surface area contributed by atoms with Crippen LogP contribution in [0.4, 0.5) is 10.8 Å². The lowest BCUT2D eigenvalue weighted by Crippen LogP contribution is -1.93. The lowest BCUT2D eigenvalue weighted by atomic mass is 10.1. The first-order valence-corrected chi connectivity index (χ1v) is 8.56. The molecule has 0 radical (unpaired) electrons. The summed E-state index contributed by atoms with van der Waals surface area (Å²) < 4.78 is 5.37. The second kappa shape index (κ2) is 6.34. The minimum absolute atomic E-state index is 0.806. The van der Waals surface area contributed by atoms with Crippen molar-refractivity contribution in [1.29, 1.82) is 0 Å². The molecule has 3 nitrogen and oxygen atoms in total. The number of benzene rings is 3. The molecule has 4 heteroatoms. The van der Waals surface area contributed by atoms with Crippen molar-refractivity contribution in [3.63, 3.8) is 0 Å². The molecule has 0 bridgehead atoms. The maximum Gasteiger partial charge on any atom is 0.187 e. The zero-order chi connectivity index (χ0) is 16.4. The van der Waals surface area contributed by atoms with Gasteiger partial charge in [0, 0.05) is 10.9 Å². The van der Waals surface area contributed by atoms with Crippen LogP contribution in [0.1, 0.15) is 0 Å². The summed E-state index contributed by atoms with van der Waals surface area (Å²) in [5, 5.41) is 8.72.